The molecule has 0 saturated heterocycles. The standard InChI is InChI=1S/C18H16F2N4O/c1-11-2-4-13(5-3-11)18(6-7-18)8-14-21-9-12(10-22-14)16-23-24-17(25-16)15(19)20/h2-5,9-10,15H,6-8H2,1H3. The van der Waals surface area contributed by atoms with E-state index in [1.54, 1.807) is 0 Å². The number of hydrogen-bond donors (Lipinski definition) is 0. The maximum Gasteiger partial charge on any atom is 0.314 e. The number of benzene rings is 1. The molecule has 1 aliphatic carbocycles. The molecule has 1 saturated carbocycles. The first-order valence-electron chi connectivity index (χ1n) is 8.06. The Morgan fingerprint density at radius 1 is 1.08 bits per heavy atom. The predicted molar refractivity (Wildman–Crippen MR) is 86.1 cm³/mol. The van der Waals surface area contributed by atoms with Crippen molar-refractivity contribution in [1.29, 1.82) is 0 Å². The van der Waals surface area contributed by atoms with E-state index in [0.717, 1.165) is 25.1 Å². The van der Waals surface area contributed by atoms with E-state index in [1.165, 1.54) is 23.5 Å². The quantitative estimate of drug-likeness (QED) is 0.700. The van der Waals surface area contributed by atoms with Crippen molar-refractivity contribution in [3.8, 4) is 11.5 Å². The predicted octanol–water partition coefficient (Wildman–Crippen LogP) is 4.05. The Balaban J connectivity index is 1.51. The average molecular weight is 342 g/mol. The smallest absolute Gasteiger partial charge is 0.314 e. The van der Waals surface area contributed by atoms with Crippen molar-refractivity contribution in [2.45, 2.75) is 38.0 Å². The van der Waals surface area contributed by atoms with Crippen LogP contribution >= 0.6 is 0 Å². The molecule has 2 aromatic heterocycles. The fourth-order valence-corrected chi connectivity index (χ4v) is 2.92. The maximum absolute atomic E-state index is 12.5. The molecule has 0 unspecified atom stereocenters. The summed E-state index contributed by atoms with van der Waals surface area (Å²) in [5.41, 5.74) is 3.10. The van der Waals surface area contributed by atoms with Gasteiger partial charge in [-0.25, -0.2) is 9.97 Å². The van der Waals surface area contributed by atoms with Gasteiger partial charge in [0.05, 0.1) is 5.56 Å². The Bertz CT molecular complexity index is 871. The summed E-state index contributed by atoms with van der Waals surface area (Å²) in [4.78, 5) is 8.70. The summed E-state index contributed by atoms with van der Waals surface area (Å²) < 4.78 is 29.9. The second-order valence-corrected chi connectivity index (χ2v) is 6.46. The summed E-state index contributed by atoms with van der Waals surface area (Å²) in [5, 5.41) is 6.91. The summed E-state index contributed by atoms with van der Waals surface area (Å²) in [6, 6.07) is 8.58. The van der Waals surface area contributed by atoms with Crippen molar-refractivity contribution in [3.63, 3.8) is 0 Å². The minimum atomic E-state index is -2.79. The second kappa shape index (κ2) is 5.98. The molecule has 0 bridgehead atoms. The number of alkyl halides is 2. The first kappa shape index (κ1) is 15.8. The first-order valence-corrected chi connectivity index (χ1v) is 8.06. The fraction of sp³-hybridized carbons (Fsp3) is 0.333. The van der Waals surface area contributed by atoms with Crippen molar-refractivity contribution in [1.82, 2.24) is 20.2 Å². The molecule has 0 amide bonds. The van der Waals surface area contributed by atoms with E-state index < -0.39 is 12.3 Å². The number of nitrogens with zero attached hydrogens (tertiary/aromatic N) is 4. The van der Waals surface area contributed by atoms with Crippen LogP contribution in [0.25, 0.3) is 11.5 Å². The molecule has 0 N–H and O–H groups in total. The minimum Gasteiger partial charge on any atom is -0.415 e. The van der Waals surface area contributed by atoms with E-state index in [9.17, 15) is 8.78 Å². The van der Waals surface area contributed by atoms with Crippen molar-refractivity contribution in [2.75, 3.05) is 0 Å². The lowest BCUT2D eigenvalue weighted by Crippen LogP contribution is -2.13. The molecule has 128 valence electrons. The molecule has 7 heteroatoms. The van der Waals surface area contributed by atoms with E-state index in [0.29, 0.717) is 5.56 Å². The highest BCUT2D eigenvalue weighted by atomic mass is 19.3. The van der Waals surface area contributed by atoms with Crippen molar-refractivity contribution in [2.24, 2.45) is 0 Å². The third kappa shape index (κ3) is 3.14. The Hall–Kier alpha value is -2.70. The molecule has 2 heterocycles. The van der Waals surface area contributed by atoms with Crippen LogP contribution < -0.4 is 0 Å². The van der Waals surface area contributed by atoms with E-state index in [-0.39, 0.29) is 11.3 Å². The molecule has 0 radical (unpaired) electrons. The topological polar surface area (TPSA) is 64.7 Å². The lowest BCUT2D eigenvalue weighted by Gasteiger charge is -2.15. The zero-order chi connectivity index (χ0) is 17.4. The minimum absolute atomic E-state index is 0.00141. The Kier molecular flexibility index (Phi) is 3.78. The van der Waals surface area contributed by atoms with Crippen molar-refractivity contribution in [3.05, 3.63) is 59.5 Å². The van der Waals surface area contributed by atoms with Crippen LogP contribution in [0.1, 0.15) is 42.1 Å². The molecule has 1 aliphatic rings. The summed E-state index contributed by atoms with van der Waals surface area (Å²) in [6.07, 6.45) is 3.27. The molecule has 0 atom stereocenters. The SMILES string of the molecule is Cc1ccc(C2(Cc3ncc(-c4nnc(C(F)F)o4)cn3)CC2)cc1. The van der Waals surface area contributed by atoms with Gasteiger partial charge >= 0.3 is 6.43 Å². The molecule has 3 aromatic rings. The van der Waals surface area contributed by atoms with Crippen LogP contribution in [-0.2, 0) is 11.8 Å². The van der Waals surface area contributed by atoms with E-state index in [1.807, 2.05) is 0 Å². The van der Waals surface area contributed by atoms with Gasteiger partial charge in [0.1, 0.15) is 5.82 Å². The van der Waals surface area contributed by atoms with Crippen molar-refractivity contribution < 1.29 is 13.2 Å². The van der Waals surface area contributed by atoms with Crippen LogP contribution in [0.2, 0.25) is 0 Å². The van der Waals surface area contributed by atoms with Gasteiger partial charge < -0.3 is 4.42 Å². The summed E-state index contributed by atoms with van der Waals surface area (Å²) in [7, 11) is 0. The zero-order valence-electron chi connectivity index (χ0n) is 13.6. The van der Waals surface area contributed by atoms with Gasteiger partial charge in [0, 0.05) is 24.2 Å². The van der Waals surface area contributed by atoms with Crippen LogP contribution in [0.3, 0.4) is 0 Å². The number of halogens is 2. The van der Waals surface area contributed by atoms with E-state index >= 15 is 0 Å². The van der Waals surface area contributed by atoms with Gasteiger partial charge in [-0.3, -0.25) is 0 Å². The molecule has 5 nitrogen and oxygen atoms in total. The number of aryl methyl sites for hydroxylation is 1. The lowest BCUT2D eigenvalue weighted by atomic mass is 9.91. The highest BCUT2D eigenvalue weighted by Crippen LogP contribution is 2.50. The van der Waals surface area contributed by atoms with Crippen LogP contribution in [0, 0.1) is 6.92 Å². The van der Waals surface area contributed by atoms with Gasteiger partial charge in [0.15, 0.2) is 0 Å². The summed E-state index contributed by atoms with van der Waals surface area (Å²) >= 11 is 0. The van der Waals surface area contributed by atoms with Gasteiger partial charge in [0.25, 0.3) is 11.8 Å². The lowest BCUT2D eigenvalue weighted by molar-refractivity contribution is 0.116. The molecule has 1 fully saturated rings. The summed E-state index contributed by atoms with van der Waals surface area (Å²) in [5.74, 6) is 0.0207. The third-order valence-electron chi connectivity index (χ3n) is 4.59. The van der Waals surface area contributed by atoms with Gasteiger partial charge in [0.2, 0.25) is 0 Å². The van der Waals surface area contributed by atoms with Crippen molar-refractivity contribution >= 4 is 0 Å². The molecule has 0 aliphatic heterocycles. The number of hydrogen-bond acceptors (Lipinski definition) is 5. The normalized spacial score (nSPS) is 15.5. The Morgan fingerprint density at radius 2 is 1.76 bits per heavy atom. The van der Waals surface area contributed by atoms with Crippen LogP contribution in [0.15, 0.2) is 41.1 Å². The summed E-state index contributed by atoms with van der Waals surface area (Å²) in [6.45, 7) is 2.07. The first-order chi connectivity index (χ1) is 12.1. The Morgan fingerprint density at radius 3 is 2.32 bits per heavy atom. The molecule has 1 aromatic carbocycles. The van der Waals surface area contributed by atoms with Gasteiger partial charge in [-0.05, 0) is 25.3 Å². The monoisotopic (exact) mass is 342 g/mol. The number of rotatable bonds is 5. The highest BCUT2D eigenvalue weighted by molar-refractivity contribution is 5.49. The zero-order valence-corrected chi connectivity index (χ0v) is 13.6. The fourth-order valence-electron chi connectivity index (χ4n) is 2.92. The van der Waals surface area contributed by atoms with E-state index in [4.69, 9.17) is 4.42 Å². The van der Waals surface area contributed by atoms with Crippen LogP contribution in [0.4, 0.5) is 8.78 Å². The maximum atomic E-state index is 12.5. The highest BCUT2D eigenvalue weighted by Gasteiger charge is 2.44. The van der Waals surface area contributed by atoms with Gasteiger partial charge in [-0.2, -0.15) is 8.78 Å². The largest absolute Gasteiger partial charge is 0.415 e. The molecule has 0 spiro atoms. The molecular weight excluding hydrogens is 326 g/mol. The molecule has 25 heavy (non-hydrogen) atoms. The number of aromatic nitrogens is 4. The van der Waals surface area contributed by atoms with E-state index in [2.05, 4.69) is 51.4 Å². The van der Waals surface area contributed by atoms with Gasteiger partial charge in [-0.1, -0.05) is 29.8 Å². The molecule has 4 rings (SSSR count). The van der Waals surface area contributed by atoms with Gasteiger partial charge in [-0.15, -0.1) is 10.2 Å². The Labute approximate surface area is 143 Å². The second-order valence-electron chi connectivity index (χ2n) is 6.46. The van der Waals surface area contributed by atoms with Crippen LogP contribution in [0.5, 0.6) is 0 Å². The average Bonchev–Trinajstić information content (AvgIpc) is 3.21. The third-order valence-corrected chi connectivity index (χ3v) is 4.59. The molecular formula is C18H16F2N4O. The van der Waals surface area contributed by atoms with Crippen LogP contribution in [-0.4, -0.2) is 20.2 Å².